The second-order valence-electron chi connectivity index (χ2n) is 4.43. The number of aromatic nitrogens is 3. The summed E-state index contributed by atoms with van der Waals surface area (Å²) >= 11 is 0. The zero-order valence-corrected chi connectivity index (χ0v) is 10.6. The van der Waals surface area contributed by atoms with Crippen LogP contribution in [0.25, 0.3) is 11.4 Å². The van der Waals surface area contributed by atoms with Gasteiger partial charge in [-0.2, -0.15) is 5.10 Å². The van der Waals surface area contributed by atoms with Crippen molar-refractivity contribution in [3.63, 3.8) is 0 Å². The highest BCUT2D eigenvalue weighted by Crippen LogP contribution is 2.23. The molecule has 2 heterocycles. The number of pyridine rings is 1. The number of aromatic carboxylic acids is 1. The van der Waals surface area contributed by atoms with Gasteiger partial charge in [0.2, 0.25) is 0 Å². The van der Waals surface area contributed by atoms with Gasteiger partial charge in [-0.05, 0) is 24.1 Å². The average Bonchev–Trinajstić information content (AvgIpc) is 2.74. The van der Waals surface area contributed by atoms with Crippen LogP contribution in [0.15, 0.2) is 24.4 Å². The van der Waals surface area contributed by atoms with Crippen molar-refractivity contribution < 1.29 is 9.90 Å². The number of nitrogens with zero attached hydrogens (tertiary/aromatic N) is 3. The van der Waals surface area contributed by atoms with E-state index >= 15 is 0 Å². The van der Waals surface area contributed by atoms with Crippen LogP contribution in [0.2, 0.25) is 0 Å². The van der Waals surface area contributed by atoms with Gasteiger partial charge in [0.15, 0.2) is 0 Å². The normalized spacial score (nSPS) is 10.9. The minimum atomic E-state index is -0.942. The summed E-state index contributed by atoms with van der Waals surface area (Å²) in [6.45, 7) is 3.86. The molecule has 0 radical (unpaired) electrons. The summed E-state index contributed by atoms with van der Waals surface area (Å²) in [5, 5.41) is 13.2. The number of aryl methyl sites for hydroxylation is 1. The molecule has 0 aromatic carbocycles. The molecule has 0 bridgehead atoms. The lowest BCUT2D eigenvalue weighted by atomic mass is 10.0. The molecule has 94 valence electrons. The molecule has 0 fully saturated rings. The Morgan fingerprint density at radius 3 is 2.56 bits per heavy atom. The number of hydrogen-bond donors (Lipinski definition) is 1. The van der Waals surface area contributed by atoms with Crippen LogP contribution in [0, 0.1) is 0 Å². The molecule has 0 spiro atoms. The van der Waals surface area contributed by atoms with Gasteiger partial charge < -0.3 is 5.11 Å². The first-order valence-corrected chi connectivity index (χ1v) is 5.73. The van der Waals surface area contributed by atoms with Crippen molar-refractivity contribution in [2.45, 2.75) is 19.8 Å². The highest BCUT2D eigenvalue weighted by molar-refractivity contribution is 5.89. The van der Waals surface area contributed by atoms with E-state index in [1.165, 1.54) is 0 Å². The maximum absolute atomic E-state index is 11.1. The van der Waals surface area contributed by atoms with Gasteiger partial charge >= 0.3 is 5.97 Å². The smallest absolute Gasteiger partial charge is 0.337 e. The summed E-state index contributed by atoms with van der Waals surface area (Å²) in [5.41, 5.74) is 2.47. The predicted octanol–water partition coefficient (Wildman–Crippen LogP) is 2.30. The zero-order chi connectivity index (χ0) is 13.3. The number of carboxylic acids is 1. The van der Waals surface area contributed by atoms with E-state index < -0.39 is 5.97 Å². The minimum absolute atomic E-state index is 0.0595. The zero-order valence-electron chi connectivity index (χ0n) is 10.6. The first kappa shape index (κ1) is 12.3. The molecule has 0 atom stereocenters. The fourth-order valence-electron chi connectivity index (χ4n) is 1.86. The van der Waals surface area contributed by atoms with E-state index in [9.17, 15) is 4.79 Å². The van der Waals surface area contributed by atoms with Crippen LogP contribution < -0.4 is 0 Å². The van der Waals surface area contributed by atoms with E-state index in [1.54, 1.807) is 23.0 Å². The Morgan fingerprint density at radius 2 is 2.06 bits per heavy atom. The molecule has 0 aliphatic carbocycles. The van der Waals surface area contributed by atoms with Crippen molar-refractivity contribution in [3.05, 3.63) is 35.7 Å². The van der Waals surface area contributed by atoms with Gasteiger partial charge in [-0.15, -0.1) is 0 Å². The highest BCUT2D eigenvalue weighted by Gasteiger charge is 2.16. The molecule has 2 aromatic heterocycles. The van der Waals surface area contributed by atoms with Gasteiger partial charge in [-0.3, -0.25) is 9.67 Å². The third-order valence-corrected chi connectivity index (χ3v) is 2.79. The van der Waals surface area contributed by atoms with E-state index in [-0.39, 0.29) is 11.5 Å². The molecule has 2 rings (SSSR count). The number of rotatable bonds is 3. The summed E-state index contributed by atoms with van der Waals surface area (Å²) in [5.74, 6) is -0.882. The van der Waals surface area contributed by atoms with Crippen LogP contribution >= 0.6 is 0 Å². The Morgan fingerprint density at radius 1 is 1.33 bits per heavy atom. The van der Waals surface area contributed by atoms with Gasteiger partial charge in [0.25, 0.3) is 0 Å². The van der Waals surface area contributed by atoms with Crippen molar-refractivity contribution in [3.8, 4) is 11.4 Å². The molecule has 0 saturated carbocycles. The Labute approximate surface area is 105 Å². The third kappa shape index (κ3) is 2.11. The van der Waals surface area contributed by atoms with Crippen LogP contribution in [-0.4, -0.2) is 25.8 Å². The molecule has 1 N–H and O–H groups in total. The van der Waals surface area contributed by atoms with Gasteiger partial charge in [0.1, 0.15) is 0 Å². The molecule has 5 nitrogen and oxygen atoms in total. The van der Waals surface area contributed by atoms with Crippen molar-refractivity contribution in [1.29, 1.82) is 0 Å². The molecule has 0 saturated heterocycles. The number of carbonyl (C=O) groups is 1. The summed E-state index contributed by atoms with van der Waals surface area (Å²) in [7, 11) is 1.83. The average molecular weight is 245 g/mol. The minimum Gasteiger partial charge on any atom is -0.478 e. The fourth-order valence-corrected chi connectivity index (χ4v) is 1.86. The second-order valence-corrected chi connectivity index (χ2v) is 4.43. The van der Waals surface area contributed by atoms with Crippen molar-refractivity contribution >= 4 is 5.97 Å². The van der Waals surface area contributed by atoms with Crippen LogP contribution in [0.1, 0.15) is 35.8 Å². The molecular formula is C13H15N3O2. The molecule has 0 amide bonds. The molecule has 0 aliphatic rings. The summed E-state index contributed by atoms with van der Waals surface area (Å²) < 4.78 is 1.72. The Kier molecular flexibility index (Phi) is 3.14. The molecule has 0 aliphatic heterocycles. The summed E-state index contributed by atoms with van der Waals surface area (Å²) in [6.07, 6.45) is 1.69. The maximum Gasteiger partial charge on any atom is 0.337 e. The van der Waals surface area contributed by atoms with Gasteiger partial charge in [0, 0.05) is 13.2 Å². The quantitative estimate of drug-likeness (QED) is 0.900. The van der Waals surface area contributed by atoms with E-state index in [2.05, 4.69) is 10.1 Å². The largest absolute Gasteiger partial charge is 0.478 e. The summed E-state index contributed by atoms with van der Waals surface area (Å²) in [6, 6.07) is 5.17. The second kappa shape index (κ2) is 4.60. The van der Waals surface area contributed by atoms with E-state index in [0.717, 1.165) is 11.4 Å². The van der Waals surface area contributed by atoms with Gasteiger partial charge in [-0.25, -0.2) is 4.79 Å². The third-order valence-electron chi connectivity index (χ3n) is 2.79. The predicted molar refractivity (Wildman–Crippen MR) is 67.5 cm³/mol. The van der Waals surface area contributed by atoms with Crippen molar-refractivity contribution in [2.24, 2.45) is 7.05 Å². The van der Waals surface area contributed by atoms with Crippen LogP contribution in [0.3, 0.4) is 0 Å². The van der Waals surface area contributed by atoms with Gasteiger partial charge in [-0.1, -0.05) is 13.8 Å². The molecular weight excluding hydrogens is 230 g/mol. The van der Waals surface area contributed by atoms with Crippen LogP contribution in [-0.2, 0) is 7.05 Å². The van der Waals surface area contributed by atoms with Crippen molar-refractivity contribution in [1.82, 2.24) is 14.8 Å². The number of hydrogen-bond acceptors (Lipinski definition) is 3. The Bertz CT molecular complexity index is 588. The monoisotopic (exact) mass is 245 g/mol. The fraction of sp³-hybridized carbons (Fsp3) is 0.308. The first-order valence-electron chi connectivity index (χ1n) is 5.73. The van der Waals surface area contributed by atoms with E-state index in [1.807, 2.05) is 27.0 Å². The Hall–Kier alpha value is -2.17. The van der Waals surface area contributed by atoms with Crippen LogP contribution in [0.4, 0.5) is 0 Å². The SMILES string of the molecule is CC(C)c1nc(-c2ccnn2C)ccc1C(=O)O. The molecule has 2 aromatic rings. The lowest BCUT2D eigenvalue weighted by molar-refractivity contribution is 0.0694. The lowest BCUT2D eigenvalue weighted by Crippen LogP contribution is -2.08. The Balaban J connectivity index is 2.57. The van der Waals surface area contributed by atoms with E-state index in [4.69, 9.17) is 5.11 Å². The maximum atomic E-state index is 11.1. The van der Waals surface area contributed by atoms with Gasteiger partial charge in [0.05, 0.1) is 22.6 Å². The number of carboxylic acid groups (broad SMARTS) is 1. The molecule has 5 heteroatoms. The molecule has 0 unspecified atom stereocenters. The summed E-state index contributed by atoms with van der Waals surface area (Å²) in [4.78, 5) is 15.6. The van der Waals surface area contributed by atoms with Crippen molar-refractivity contribution in [2.75, 3.05) is 0 Å². The standard InChI is InChI=1S/C13H15N3O2/c1-8(2)12-9(13(17)18)4-5-10(15-12)11-6-7-14-16(11)3/h4-8H,1-3H3,(H,17,18). The van der Waals surface area contributed by atoms with Crippen LogP contribution in [0.5, 0.6) is 0 Å². The first-order chi connectivity index (χ1) is 8.50. The topological polar surface area (TPSA) is 68.0 Å². The van der Waals surface area contributed by atoms with E-state index in [0.29, 0.717) is 5.69 Å². The lowest BCUT2D eigenvalue weighted by Gasteiger charge is -2.11. The highest BCUT2D eigenvalue weighted by atomic mass is 16.4. The molecule has 18 heavy (non-hydrogen) atoms.